The van der Waals surface area contributed by atoms with Gasteiger partial charge in [-0.05, 0) is 24.3 Å². The molecule has 0 bridgehead atoms. The molecular formula is C13H10F3NO. The molecule has 0 atom stereocenters. The summed E-state index contributed by atoms with van der Waals surface area (Å²) >= 11 is 0. The maximum Gasteiger partial charge on any atom is 0.200 e. The zero-order valence-electron chi connectivity index (χ0n) is 9.29. The average molecular weight is 253 g/mol. The lowest BCUT2D eigenvalue weighted by Gasteiger charge is -2.09. The molecule has 2 nitrogen and oxygen atoms in total. The Morgan fingerprint density at radius 2 is 1.83 bits per heavy atom. The molecule has 0 aliphatic carbocycles. The van der Waals surface area contributed by atoms with Crippen molar-refractivity contribution in [3.05, 3.63) is 59.4 Å². The number of hydrogen-bond acceptors (Lipinski definition) is 2. The summed E-state index contributed by atoms with van der Waals surface area (Å²) in [7, 11) is 0. The van der Waals surface area contributed by atoms with Gasteiger partial charge < -0.3 is 10.5 Å². The van der Waals surface area contributed by atoms with E-state index in [4.69, 9.17) is 10.5 Å². The Bertz CT molecular complexity index is 572. The number of hydrogen-bond donors (Lipinski definition) is 1. The highest BCUT2D eigenvalue weighted by atomic mass is 19.2. The molecule has 5 heteroatoms. The number of ether oxygens (including phenoxy) is 1. The van der Waals surface area contributed by atoms with Crippen LogP contribution < -0.4 is 10.5 Å². The van der Waals surface area contributed by atoms with Crippen LogP contribution in [0.2, 0.25) is 0 Å². The Morgan fingerprint density at radius 1 is 1.06 bits per heavy atom. The highest BCUT2D eigenvalue weighted by Crippen LogP contribution is 2.22. The van der Waals surface area contributed by atoms with E-state index in [9.17, 15) is 13.2 Å². The van der Waals surface area contributed by atoms with Gasteiger partial charge in [0.2, 0.25) is 5.82 Å². The van der Waals surface area contributed by atoms with Gasteiger partial charge in [0.15, 0.2) is 11.6 Å². The van der Waals surface area contributed by atoms with Crippen LogP contribution >= 0.6 is 0 Å². The van der Waals surface area contributed by atoms with Crippen LogP contribution in [-0.4, -0.2) is 0 Å². The molecule has 18 heavy (non-hydrogen) atoms. The van der Waals surface area contributed by atoms with Crippen LogP contribution in [0.5, 0.6) is 5.75 Å². The van der Waals surface area contributed by atoms with E-state index in [1.54, 1.807) is 0 Å². The minimum absolute atomic E-state index is 0.0630. The summed E-state index contributed by atoms with van der Waals surface area (Å²) < 4.78 is 44.1. The van der Waals surface area contributed by atoms with Crippen molar-refractivity contribution >= 4 is 5.69 Å². The maximum absolute atomic E-state index is 13.3. The minimum Gasteiger partial charge on any atom is -0.486 e. The van der Waals surface area contributed by atoms with Gasteiger partial charge in [-0.1, -0.05) is 12.1 Å². The highest BCUT2D eigenvalue weighted by molar-refractivity contribution is 5.46. The lowest BCUT2D eigenvalue weighted by Crippen LogP contribution is -2.02. The van der Waals surface area contributed by atoms with E-state index >= 15 is 0 Å². The molecule has 0 saturated carbocycles. The Kier molecular flexibility index (Phi) is 3.41. The van der Waals surface area contributed by atoms with E-state index in [-0.39, 0.29) is 18.0 Å². The van der Waals surface area contributed by atoms with Crippen molar-refractivity contribution in [3.8, 4) is 5.75 Å². The van der Waals surface area contributed by atoms with Gasteiger partial charge in [-0.3, -0.25) is 0 Å². The standard InChI is InChI=1S/C13H10F3NO/c14-9-5-4-8(11(17)6-9)7-18-12-3-1-2-10(15)13(12)16/h1-6H,7,17H2. The largest absolute Gasteiger partial charge is 0.486 e. The molecular weight excluding hydrogens is 243 g/mol. The summed E-state index contributed by atoms with van der Waals surface area (Å²) in [5, 5.41) is 0. The monoisotopic (exact) mass is 253 g/mol. The fraction of sp³-hybridized carbons (Fsp3) is 0.0769. The van der Waals surface area contributed by atoms with Crippen LogP contribution in [-0.2, 0) is 6.61 Å². The molecule has 0 amide bonds. The highest BCUT2D eigenvalue weighted by Gasteiger charge is 2.09. The summed E-state index contributed by atoms with van der Waals surface area (Å²) in [6.07, 6.45) is 0. The predicted molar refractivity (Wildman–Crippen MR) is 61.5 cm³/mol. The SMILES string of the molecule is Nc1cc(F)ccc1COc1cccc(F)c1F. The fourth-order valence-electron chi connectivity index (χ4n) is 1.45. The molecule has 0 aromatic heterocycles. The zero-order chi connectivity index (χ0) is 13.1. The van der Waals surface area contributed by atoms with Gasteiger partial charge in [-0.25, -0.2) is 8.78 Å². The van der Waals surface area contributed by atoms with Crippen molar-refractivity contribution < 1.29 is 17.9 Å². The maximum atomic E-state index is 13.3. The molecule has 2 aromatic carbocycles. The molecule has 0 heterocycles. The van der Waals surface area contributed by atoms with E-state index in [2.05, 4.69) is 0 Å². The zero-order valence-corrected chi connectivity index (χ0v) is 9.29. The quantitative estimate of drug-likeness (QED) is 0.852. The molecule has 0 aliphatic rings. The van der Waals surface area contributed by atoms with Gasteiger partial charge in [0.1, 0.15) is 12.4 Å². The van der Waals surface area contributed by atoms with Gasteiger partial charge in [0.05, 0.1) is 0 Å². The van der Waals surface area contributed by atoms with Gasteiger partial charge in [-0.15, -0.1) is 0 Å². The number of halogens is 3. The van der Waals surface area contributed by atoms with E-state index in [0.29, 0.717) is 5.56 Å². The van der Waals surface area contributed by atoms with E-state index in [1.165, 1.54) is 24.3 Å². The van der Waals surface area contributed by atoms with Gasteiger partial charge in [0, 0.05) is 11.3 Å². The summed E-state index contributed by atoms with van der Waals surface area (Å²) in [6.45, 7) is -0.0630. The first-order chi connectivity index (χ1) is 8.58. The molecule has 0 fully saturated rings. The van der Waals surface area contributed by atoms with Crippen molar-refractivity contribution in [1.29, 1.82) is 0 Å². The third kappa shape index (κ3) is 2.56. The molecule has 0 radical (unpaired) electrons. The smallest absolute Gasteiger partial charge is 0.200 e. The molecule has 0 unspecified atom stereocenters. The Morgan fingerprint density at radius 3 is 2.56 bits per heavy atom. The molecule has 0 aliphatic heterocycles. The van der Waals surface area contributed by atoms with E-state index in [0.717, 1.165) is 12.1 Å². The number of nitrogens with two attached hydrogens (primary N) is 1. The van der Waals surface area contributed by atoms with Crippen molar-refractivity contribution in [2.45, 2.75) is 6.61 Å². The summed E-state index contributed by atoms with van der Waals surface area (Å²) in [5.74, 6) is -2.72. The number of rotatable bonds is 3. The van der Waals surface area contributed by atoms with E-state index in [1.807, 2.05) is 0 Å². The summed E-state index contributed by atoms with van der Waals surface area (Å²) in [4.78, 5) is 0. The van der Waals surface area contributed by atoms with Crippen molar-refractivity contribution in [2.24, 2.45) is 0 Å². The van der Waals surface area contributed by atoms with Gasteiger partial charge in [0.25, 0.3) is 0 Å². The molecule has 2 aromatic rings. The third-order valence-electron chi connectivity index (χ3n) is 2.41. The molecule has 0 spiro atoms. The second-order valence-corrected chi connectivity index (χ2v) is 3.68. The summed E-state index contributed by atoms with van der Waals surface area (Å²) in [6, 6.07) is 7.42. The lowest BCUT2D eigenvalue weighted by atomic mass is 10.2. The van der Waals surface area contributed by atoms with Gasteiger partial charge in [-0.2, -0.15) is 4.39 Å². The molecule has 2 rings (SSSR count). The van der Waals surface area contributed by atoms with Crippen molar-refractivity contribution in [1.82, 2.24) is 0 Å². The summed E-state index contributed by atoms with van der Waals surface area (Å²) in [5.41, 5.74) is 6.27. The van der Waals surface area contributed by atoms with Crippen LogP contribution in [0.3, 0.4) is 0 Å². The van der Waals surface area contributed by atoms with Crippen LogP contribution in [0, 0.1) is 17.5 Å². The van der Waals surface area contributed by atoms with Crippen LogP contribution in [0.15, 0.2) is 36.4 Å². The van der Waals surface area contributed by atoms with Crippen LogP contribution in [0.1, 0.15) is 5.56 Å². The second kappa shape index (κ2) is 5.00. The first-order valence-electron chi connectivity index (χ1n) is 5.18. The first-order valence-corrected chi connectivity index (χ1v) is 5.18. The predicted octanol–water partition coefficient (Wildman–Crippen LogP) is 3.27. The normalized spacial score (nSPS) is 10.4. The average Bonchev–Trinajstić information content (AvgIpc) is 2.33. The first kappa shape index (κ1) is 12.3. The second-order valence-electron chi connectivity index (χ2n) is 3.68. The van der Waals surface area contributed by atoms with E-state index < -0.39 is 17.5 Å². The minimum atomic E-state index is -1.06. The number of anilines is 1. The van der Waals surface area contributed by atoms with Crippen molar-refractivity contribution in [3.63, 3.8) is 0 Å². The van der Waals surface area contributed by atoms with Crippen LogP contribution in [0.25, 0.3) is 0 Å². The van der Waals surface area contributed by atoms with Gasteiger partial charge >= 0.3 is 0 Å². The third-order valence-corrected chi connectivity index (χ3v) is 2.41. The Hall–Kier alpha value is -2.17. The Balaban J connectivity index is 2.14. The van der Waals surface area contributed by atoms with Crippen LogP contribution in [0.4, 0.5) is 18.9 Å². The lowest BCUT2D eigenvalue weighted by molar-refractivity contribution is 0.285. The Labute approximate surface area is 102 Å². The number of benzene rings is 2. The molecule has 0 saturated heterocycles. The number of nitrogen functional groups attached to an aromatic ring is 1. The van der Waals surface area contributed by atoms with Crippen molar-refractivity contribution in [2.75, 3.05) is 5.73 Å². The molecule has 2 N–H and O–H groups in total. The topological polar surface area (TPSA) is 35.2 Å². The fourth-order valence-corrected chi connectivity index (χ4v) is 1.45. The molecule has 94 valence electrons.